The minimum Gasteiger partial charge on any atom is -0.347 e. The zero-order valence-electron chi connectivity index (χ0n) is 18.7. The van der Waals surface area contributed by atoms with Gasteiger partial charge in [-0.05, 0) is 60.9 Å². The molecule has 1 saturated carbocycles. The number of aryl methyl sites for hydroxylation is 1. The predicted molar refractivity (Wildman–Crippen MR) is 130 cm³/mol. The Balaban J connectivity index is 1.69. The van der Waals surface area contributed by atoms with E-state index in [1.165, 1.54) is 16.5 Å². The predicted octanol–water partition coefficient (Wildman–Crippen LogP) is 5.94. The van der Waals surface area contributed by atoms with Gasteiger partial charge in [0.2, 0.25) is 10.0 Å². The lowest BCUT2D eigenvalue weighted by atomic mass is 9.96. The highest BCUT2D eigenvalue weighted by atomic mass is 35.5. The minimum absolute atomic E-state index is 0.119. The van der Waals surface area contributed by atoms with Gasteiger partial charge in [-0.3, -0.25) is 0 Å². The van der Waals surface area contributed by atoms with Gasteiger partial charge in [-0.2, -0.15) is 0 Å². The molecule has 6 heteroatoms. The van der Waals surface area contributed by atoms with Crippen LogP contribution in [0.2, 0.25) is 5.02 Å². The van der Waals surface area contributed by atoms with E-state index in [0.717, 1.165) is 41.1 Å². The van der Waals surface area contributed by atoms with Crippen LogP contribution >= 0.6 is 11.6 Å². The van der Waals surface area contributed by atoms with Gasteiger partial charge in [-0.15, -0.1) is 0 Å². The molecule has 0 unspecified atom stereocenters. The fourth-order valence-corrected chi connectivity index (χ4v) is 5.67. The molecule has 1 aliphatic rings. The van der Waals surface area contributed by atoms with Crippen LogP contribution in [0.15, 0.2) is 42.6 Å². The molecule has 0 atom stereocenters. The number of nitrogens with zero attached hydrogens (tertiary/aromatic N) is 1. The van der Waals surface area contributed by atoms with E-state index in [0.29, 0.717) is 13.0 Å². The van der Waals surface area contributed by atoms with Gasteiger partial charge in [0, 0.05) is 40.8 Å². The first-order valence-corrected chi connectivity index (χ1v) is 12.8. The van der Waals surface area contributed by atoms with Crippen molar-refractivity contribution in [2.75, 3.05) is 6.54 Å². The van der Waals surface area contributed by atoms with Crippen molar-refractivity contribution in [3.05, 3.63) is 58.7 Å². The molecule has 1 heterocycles. The highest BCUT2D eigenvalue weighted by Gasteiger charge is 2.35. The molecule has 0 radical (unpaired) electrons. The molecule has 4 nitrogen and oxygen atoms in total. The molecule has 1 aromatic heterocycles. The van der Waals surface area contributed by atoms with Gasteiger partial charge in [0.1, 0.15) is 0 Å². The van der Waals surface area contributed by atoms with Crippen LogP contribution < -0.4 is 4.72 Å². The highest BCUT2D eigenvalue weighted by molar-refractivity contribution is 7.90. The Kier molecular flexibility index (Phi) is 5.97. The second-order valence-corrected chi connectivity index (χ2v) is 12.4. The molecule has 0 amide bonds. The van der Waals surface area contributed by atoms with Crippen LogP contribution in [-0.4, -0.2) is 24.8 Å². The lowest BCUT2D eigenvalue weighted by Crippen LogP contribution is -2.29. The summed E-state index contributed by atoms with van der Waals surface area (Å²) in [4.78, 5) is 0. The van der Waals surface area contributed by atoms with Gasteiger partial charge in [-0.25, -0.2) is 13.1 Å². The molecule has 166 valence electrons. The Hall–Kier alpha value is -1.82. The molecule has 0 saturated heterocycles. The smallest absolute Gasteiger partial charge is 0.214 e. The maximum absolute atomic E-state index is 12.2. The number of sulfonamides is 1. The summed E-state index contributed by atoms with van der Waals surface area (Å²) in [5.74, 6) is 0. The monoisotopic (exact) mass is 458 g/mol. The van der Waals surface area contributed by atoms with Crippen molar-refractivity contribution in [3.8, 4) is 11.1 Å². The number of aromatic nitrogens is 1. The van der Waals surface area contributed by atoms with Crippen LogP contribution in [0.25, 0.3) is 22.0 Å². The molecule has 31 heavy (non-hydrogen) atoms. The summed E-state index contributed by atoms with van der Waals surface area (Å²) in [5.41, 5.74) is 5.74. The maximum atomic E-state index is 12.2. The standard InChI is InChI=1S/C25H31ClN2O2S/c1-17-5-10-23(26)22(13-17)18-6-9-21-19(11-12-27-31(29,30)20-7-8-20)15-28(24(21)14-18)16-25(2,3)4/h5-6,9-10,13-15,20,27H,7-8,11-12,16H2,1-4H3. The molecule has 2 aromatic carbocycles. The van der Waals surface area contributed by atoms with Gasteiger partial charge in [-0.1, -0.05) is 56.1 Å². The fraction of sp³-hybridized carbons (Fsp3) is 0.440. The molecule has 1 fully saturated rings. The second-order valence-electron chi connectivity index (χ2n) is 9.95. The Morgan fingerprint density at radius 1 is 1.13 bits per heavy atom. The number of hydrogen-bond acceptors (Lipinski definition) is 2. The van der Waals surface area contributed by atoms with E-state index in [1.54, 1.807) is 0 Å². The van der Waals surface area contributed by atoms with Gasteiger partial charge in [0.15, 0.2) is 0 Å². The van der Waals surface area contributed by atoms with Gasteiger partial charge in [0.25, 0.3) is 0 Å². The third-order valence-electron chi connectivity index (χ3n) is 5.70. The van der Waals surface area contributed by atoms with Crippen molar-refractivity contribution < 1.29 is 8.42 Å². The first kappa shape index (κ1) is 22.4. The van der Waals surface area contributed by atoms with E-state index < -0.39 is 10.0 Å². The Labute approximate surface area is 190 Å². The maximum Gasteiger partial charge on any atom is 0.214 e. The van der Waals surface area contributed by atoms with E-state index in [4.69, 9.17) is 11.6 Å². The first-order valence-electron chi connectivity index (χ1n) is 10.9. The SMILES string of the molecule is Cc1ccc(Cl)c(-c2ccc3c(CCNS(=O)(=O)C4CC4)cn(CC(C)(C)C)c3c2)c1. The summed E-state index contributed by atoms with van der Waals surface area (Å²) in [6.45, 7) is 10.1. The quantitative estimate of drug-likeness (QED) is 0.476. The summed E-state index contributed by atoms with van der Waals surface area (Å²) in [6, 6.07) is 12.6. The molecule has 0 spiro atoms. The summed E-state index contributed by atoms with van der Waals surface area (Å²) in [6.07, 6.45) is 4.42. The van der Waals surface area contributed by atoms with Crippen LogP contribution in [-0.2, 0) is 23.0 Å². The highest BCUT2D eigenvalue weighted by Crippen LogP contribution is 2.34. The van der Waals surface area contributed by atoms with Gasteiger partial charge < -0.3 is 4.57 Å². The van der Waals surface area contributed by atoms with Crippen LogP contribution in [0.1, 0.15) is 44.7 Å². The number of halogens is 1. The van der Waals surface area contributed by atoms with Gasteiger partial charge >= 0.3 is 0 Å². The Bertz CT molecular complexity index is 1220. The summed E-state index contributed by atoms with van der Waals surface area (Å²) < 4.78 is 29.4. The molecule has 0 aliphatic heterocycles. The van der Waals surface area contributed by atoms with Crippen molar-refractivity contribution in [3.63, 3.8) is 0 Å². The molecule has 3 aromatic rings. The van der Waals surface area contributed by atoms with E-state index in [2.05, 4.69) is 67.4 Å². The van der Waals surface area contributed by atoms with Crippen LogP contribution in [0.5, 0.6) is 0 Å². The van der Waals surface area contributed by atoms with Crippen molar-refractivity contribution in [2.24, 2.45) is 5.41 Å². The van der Waals surface area contributed by atoms with Crippen LogP contribution in [0, 0.1) is 12.3 Å². The Morgan fingerprint density at radius 3 is 2.55 bits per heavy atom. The zero-order chi connectivity index (χ0) is 22.4. The normalized spacial score (nSPS) is 15.0. The number of nitrogens with one attached hydrogen (secondary N) is 1. The lowest BCUT2D eigenvalue weighted by molar-refractivity contribution is 0.349. The molecule has 1 aliphatic carbocycles. The summed E-state index contributed by atoms with van der Waals surface area (Å²) in [7, 11) is -3.16. The van der Waals surface area contributed by atoms with Crippen molar-refractivity contribution in [1.82, 2.24) is 9.29 Å². The van der Waals surface area contributed by atoms with E-state index in [1.807, 2.05) is 12.1 Å². The third kappa shape index (κ3) is 5.16. The summed E-state index contributed by atoms with van der Waals surface area (Å²) >= 11 is 6.50. The molecule has 1 N–H and O–H groups in total. The van der Waals surface area contributed by atoms with Crippen molar-refractivity contribution in [2.45, 2.75) is 58.8 Å². The Morgan fingerprint density at radius 2 is 1.87 bits per heavy atom. The van der Waals surface area contributed by atoms with Crippen molar-refractivity contribution >= 4 is 32.5 Å². The average molecular weight is 459 g/mol. The molecule has 4 rings (SSSR count). The van der Waals surface area contributed by atoms with Crippen LogP contribution in [0.3, 0.4) is 0 Å². The van der Waals surface area contributed by atoms with E-state index >= 15 is 0 Å². The lowest BCUT2D eigenvalue weighted by Gasteiger charge is -2.20. The topological polar surface area (TPSA) is 51.1 Å². The van der Waals surface area contributed by atoms with Crippen molar-refractivity contribution in [1.29, 1.82) is 0 Å². The first-order chi connectivity index (χ1) is 14.5. The summed E-state index contributed by atoms with van der Waals surface area (Å²) in [5, 5.41) is 1.73. The number of rotatable bonds is 7. The third-order valence-corrected chi connectivity index (χ3v) is 7.99. The van der Waals surface area contributed by atoms with Crippen LogP contribution in [0.4, 0.5) is 0 Å². The molecular formula is C25H31ClN2O2S. The average Bonchev–Trinajstić information content (AvgIpc) is 3.49. The second kappa shape index (κ2) is 8.27. The molecular weight excluding hydrogens is 428 g/mol. The van der Waals surface area contributed by atoms with Gasteiger partial charge in [0.05, 0.1) is 5.25 Å². The largest absolute Gasteiger partial charge is 0.347 e. The van der Waals surface area contributed by atoms with E-state index in [9.17, 15) is 8.42 Å². The van der Waals surface area contributed by atoms with E-state index in [-0.39, 0.29) is 10.7 Å². The number of hydrogen-bond donors (Lipinski definition) is 1. The minimum atomic E-state index is -3.16. The zero-order valence-corrected chi connectivity index (χ0v) is 20.3. The number of fused-ring (bicyclic) bond motifs is 1. The number of benzene rings is 2. The molecule has 0 bridgehead atoms. The fourth-order valence-electron chi connectivity index (χ4n) is 4.06.